The van der Waals surface area contributed by atoms with Crippen LogP contribution in [0.2, 0.25) is 0 Å². The Balaban J connectivity index is 1.53. The van der Waals surface area contributed by atoms with E-state index in [9.17, 15) is 24.3 Å². The molecule has 332 valence electrons. The number of ketones is 2. The van der Waals surface area contributed by atoms with Crippen LogP contribution in [0.5, 0.6) is 0 Å². The minimum Gasteiger partial charge on any atom is -0.458 e. The van der Waals surface area contributed by atoms with Crippen LogP contribution in [0.15, 0.2) is 34.5 Å². The van der Waals surface area contributed by atoms with Crippen molar-refractivity contribution in [3.63, 3.8) is 0 Å². The molecule has 18 nitrogen and oxygen atoms in total. The van der Waals surface area contributed by atoms with Gasteiger partial charge in [-0.15, -0.1) is 0 Å². The Morgan fingerprint density at radius 2 is 1.78 bits per heavy atom. The first kappa shape index (κ1) is 46.7. The summed E-state index contributed by atoms with van der Waals surface area (Å²) >= 11 is 0. The molecule has 3 N–H and O–H groups in total. The lowest BCUT2D eigenvalue weighted by Gasteiger charge is -2.47. The van der Waals surface area contributed by atoms with Crippen LogP contribution < -0.4 is 5.73 Å². The van der Waals surface area contributed by atoms with Gasteiger partial charge in [0.25, 0.3) is 0 Å². The Bertz CT molecular complexity index is 1880. The highest BCUT2D eigenvalue weighted by molar-refractivity contribution is 6.03. The molecule has 0 saturated carbocycles. The predicted molar refractivity (Wildman–Crippen MR) is 214 cm³/mol. The minimum atomic E-state index is -1.59. The van der Waals surface area contributed by atoms with E-state index in [1.807, 2.05) is 25.9 Å². The fourth-order valence-electron chi connectivity index (χ4n) is 9.40. The van der Waals surface area contributed by atoms with Crippen molar-refractivity contribution >= 4 is 29.3 Å². The zero-order valence-electron chi connectivity index (χ0n) is 36.7. The maximum atomic E-state index is 14.8. The van der Waals surface area contributed by atoms with Crippen molar-refractivity contribution in [2.75, 3.05) is 21.2 Å². The van der Waals surface area contributed by atoms with Gasteiger partial charge in [-0.05, 0) is 68.0 Å². The number of amidine groups is 1. The molecule has 18 heteroatoms. The number of aromatic nitrogens is 3. The number of fused-ring (bicyclic) bond motifs is 1. The highest BCUT2D eigenvalue weighted by Gasteiger charge is 2.63. The molecule has 1 unspecified atom stereocenters. The summed E-state index contributed by atoms with van der Waals surface area (Å²) in [5.74, 6) is -9.04. The third kappa shape index (κ3) is 9.12. The summed E-state index contributed by atoms with van der Waals surface area (Å²) in [7, 11) is 5.15. The van der Waals surface area contributed by atoms with Crippen molar-refractivity contribution in [3.05, 3.63) is 30.5 Å². The van der Waals surface area contributed by atoms with Gasteiger partial charge in [-0.3, -0.25) is 19.2 Å². The Labute approximate surface area is 351 Å². The lowest BCUT2D eigenvalue weighted by Crippen LogP contribution is -2.59. The number of hydrogen-bond donors (Lipinski definition) is 2. The molecular weight excluding hydrogens is 780 g/mol. The number of esters is 2. The average Bonchev–Trinajstić information content (AvgIpc) is 3.86. The normalized spacial score (nSPS) is 37.9. The van der Waals surface area contributed by atoms with Crippen molar-refractivity contribution in [3.8, 4) is 11.3 Å². The molecule has 5 heterocycles. The van der Waals surface area contributed by atoms with Gasteiger partial charge < -0.3 is 48.8 Å². The molecule has 2 aromatic rings. The van der Waals surface area contributed by atoms with Gasteiger partial charge in [-0.1, -0.05) is 38.0 Å². The topological polar surface area (TPSA) is 237 Å². The fraction of sp³-hybridized carbons (Fsp3) is 0.714. The van der Waals surface area contributed by atoms with Crippen LogP contribution >= 0.6 is 0 Å². The number of carbonyl (C=O) groups excluding carboxylic acids is 4. The number of carbonyl (C=O) groups is 4. The highest BCUT2D eigenvalue weighted by atomic mass is 16.7. The third-order valence-corrected chi connectivity index (χ3v) is 12.8. The van der Waals surface area contributed by atoms with Crippen LogP contribution in [-0.4, -0.2) is 124 Å². The maximum absolute atomic E-state index is 14.8. The number of nitrogens with two attached hydrogens (primary N) is 1. The summed E-state index contributed by atoms with van der Waals surface area (Å²) in [6.07, 6.45) is -0.529. The molecule has 0 aliphatic carbocycles. The first-order chi connectivity index (χ1) is 28.2. The van der Waals surface area contributed by atoms with Crippen molar-refractivity contribution in [1.29, 1.82) is 0 Å². The first-order valence-corrected chi connectivity index (χ1v) is 20.6. The summed E-state index contributed by atoms with van der Waals surface area (Å²) in [6.45, 7) is 15.1. The predicted octanol–water partition coefficient (Wildman–Crippen LogP) is 3.65. The van der Waals surface area contributed by atoms with Gasteiger partial charge in [-0.2, -0.15) is 0 Å². The van der Waals surface area contributed by atoms with Crippen molar-refractivity contribution in [2.24, 2.45) is 46.4 Å². The van der Waals surface area contributed by atoms with E-state index in [0.717, 1.165) is 0 Å². The van der Waals surface area contributed by atoms with Crippen molar-refractivity contribution in [2.45, 2.75) is 136 Å². The fourth-order valence-corrected chi connectivity index (χ4v) is 9.40. The Morgan fingerprint density at radius 3 is 2.40 bits per heavy atom. The van der Waals surface area contributed by atoms with E-state index in [0.29, 0.717) is 23.4 Å². The number of hydrogen-bond acceptors (Lipinski definition) is 17. The molecule has 3 fully saturated rings. The monoisotopic (exact) mass is 842 g/mol. The lowest BCUT2D eigenvalue weighted by molar-refractivity contribution is -0.295. The molecule has 0 aromatic carbocycles. The molecular formula is C42H62N6O12. The minimum absolute atomic E-state index is 0.0420. The second kappa shape index (κ2) is 18.7. The number of likely N-dealkylation sites (N-methyl/N-ethyl adjacent to an activating group) is 1. The molecule has 0 bridgehead atoms. The molecule has 15 atom stereocenters. The van der Waals surface area contributed by atoms with Gasteiger partial charge in [0.05, 0.1) is 23.5 Å². The van der Waals surface area contributed by atoms with Crippen LogP contribution in [0.25, 0.3) is 11.3 Å². The van der Waals surface area contributed by atoms with E-state index in [1.165, 1.54) is 26.6 Å². The number of ether oxygens (including phenoxy) is 5. The van der Waals surface area contributed by atoms with Gasteiger partial charge in [0.2, 0.25) is 0 Å². The molecule has 3 aliphatic heterocycles. The second-order valence-corrected chi connectivity index (χ2v) is 17.3. The van der Waals surface area contributed by atoms with Gasteiger partial charge in [0, 0.05) is 54.6 Å². The molecule has 2 aromatic heterocycles. The van der Waals surface area contributed by atoms with Crippen LogP contribution in [0, 0.1) is 35.5 Å². The number of cyclic esters (lactones) is 1. The highest BCUT2D eigenvalue weighted by Crippen LogP contribution is 2.48. The smallest absolute Gasteiger partial charge is 0.317 e. The number of aliphatic hydroxyl groups excluding tert-OH is 1. The van der Waals surface area contributed by atoms with Crippen LogP contribution in [-0.2, 0) is 47.7 Å². The Kier molecular flexibility index (Phi) is 14.6. The molecule has 60 heavy (non-hydrogen) atoms. The average molecular weight is 843 g/mol. The SMILES string of the molecule is CC[C@@H]1OC(=O)[C@H](C)C(=O)[C@H](C)[C@@H](OC2O[C@H](C)C[C@H](N(C)C)[C@H]2O)[C@](C)(OC)C[C@@H](C)C(=O)[C@H](C)[C@H]2[C@H](/C(N)=N/O[C@@H](C)c3ncncc3-c3ccon3)C(=O)O[C@@]21C. The summed E-state index contributed by atoms with van der Waals surface area (Å²) in [5.41, 5.74) is 5.09. The van der Waals surface area contributed by atoms with Crippen LogP contribution in [0.4, 0.5) is 0 Å². The molecule has 3 aliphatic rings. The zero-order valence-corrected chi connectivity index (χ0v) is 36.7. The van der Waals surface area contributed by atoms with Gasteiger partial charge >= 0.3 is 11.9 Å². The quantitative estimate of drug-likeness (QED) is 0.114. The number of Topliss-reactive ketones (excluding diaryl/α,β-unsaturated/α-hetero) is 2. The van der Waals surface area contributed by atoms with E-state index in [2.05, 4.69) is 20.3 Å². The lowest BCUT2D eigenvalue weighted by atomic mass is 9.67. The largest absolute Gasteiger partial charge is 0.458 e. The van der Waals surface area contributed by atoms with E-state index in [1.54, 1.807) is 60.7 Å². The van der Waals surface area contributed by atoms with Crippen molar-refractivity contribution < 1.29 is 57.3 Å². The van der Waals surface area contributed by atoms with Gasteiger partial charge in [0.1, 0.15) is 48.1 Å². The van der Waals surface area contributed by atoms with E-state index in [-0.39, 0.29) is 36.6 Å². The second-order valence-electron chi connectivity index (χ2n) is 17.3. The number of nitrogens with zero attached hydrogens (tertiary/aromatic N) is 5. The number of methoxy groups -OCH3 is 1. The number of rotatable bonds is 10. The summed E-state index contributed by atoms with van der Waals surface area (Å²) in [6, 6.07) is 1.33. The molecule has 0 spiro atoms. The zero-order chi connectivity index (χ0) is 44.4. The molecule has 0 amide bonds. The summed E-state index contributed by atoms with van der Waals surface area (Å²) in [5, 5.41) is 19.6. The number of aliphatic hydroxyl groups is 1. The molecule has 3 saturated heterocycles. The third-order valence-electron chi connectivity index (χ3n) is 12.8. The molecule has 5 rings (SSSR count). The van der Waals surface area contributed by atoms with Crippen LogP contribution in [0.1, 0.15) is 93.4 Å². The van der Waals surface area contributed by atoms with Crippen LogP contribution in [0.3, 0.4) is 0 Å². The van der Waals surface area contributed by atoms with E-state index >= 15 is 0 Å². The number of oxime groups is 1. The Hall–Kier alpha value is -4.36. The first-order valence-electron chi connectivity index (χ1n) is 20.6. The maximum Gasteiger partial charge on any atom is 0.317 e. The van der Waals surface area contributed by atoms with Crippen molar-refractivity contribution in [1.82, 2.24) is 20.0 Å². The van der Waals surface area contributed by atoms with Gasteiger partial charge in [0.15, 0.2) is 29.6 Å². The summed E-state index contributed by atoms with van der Waals surface area (Å²) in [4.78, 5) is 73.4. The Morgan fingerprint density at radius 1 is 1.08 bits per heavy atom. The van der Waals surface area contributed by atoms with Gasteiger partial charge in [-0.25, -0.2) is 9.97 Å². The van der Waals surface area contributed by atoms with E-state index < -0.39 is 95.1 Å². The van der Waals surface area contributed by atoms with E-state index in [4.69, 9.17) is 38.8 Å². The summed E-state index contributed by atoms with van der Waals surface area (Å²) < 4.78 is 36.1. The molecule has 0 radical (unpaired) electrons. The standard InChI is InChI=1S/C42H62N6O12/c1-13-29-42(9)31(30(39(53)59-42)37(43)47-60-25(7)32-26(18-44-19-45-32)27-14-15-55-46-27)22(4)33(49)20(2)17-41(8,54-12)36(23(5)34(50)24(6)38(52)57-29)58-40-35(51)28(48(10)11)16-21(3)56-40/h14-15,18-25,28-31,35-36,40,51H,13,16-17H2,1-12H3,(H2,43,47)/t20-,21-,22-,23+,24-,25+,28+,29+,30-,31+,35-,36-,40?,41-,42-/m1/s1.